The molecular weight excluding hydrogens is 416 g/mol. The first-order valence-corrected chi connectivity index (χ1v) is 10.8. The van der Waals surface area contributed by atoms with E-state index in [0.29, 0.717) is 17.8 Å². The Morgan fingerprint density at radius 2 is 1.64 bits per heavy atom. The zero-order valence-electron chi connectivity index (χ0n) is 18.3. The number of carbonyl (C=O) groups is 3. The highest BCUT2D eigenvalue weighted by Gasteiger charge is 2.37. The van der Waals surface area contributed by atoms with Crippen LogP contribution in [0.15, 0.2) is 78.9 Å². The highest BCUT2D eigenvalue weighted by atomic mass is 16.2. The SMILES string of the molecule is Cc1ccc(NC(=O)NC2CC(c3ccccc3)c3ccccc3N(CC(N)=O)C2=O)cc1. The number of urea groups is 1. The molecule has 7 nitrogen and oxygen atoms in total. The molecule has 2 unspecified atom stereocenters. The second-order valence-electron chi connectivity index (χ2n) is 8.17. The maximum Gasteiger partial charge on any atom is 0.319 e. The molecule has 1 heterocycles. The number of nitrogens with zero attached hydrogens (tertiary/aromatic N) is 1. The molecule has 3 aromatic carbocycles. The number of aryl methyl sites for hydroxylation is 1. The molecule has 168 valence electrons. The number of anilines is 2. The molecule has 0 saturated heterocycles. The number of rotatable bonds is 5. The van der Waals surface area contributed by atoms with E-state index in [-0.39, 0.29) is 18.4 Å². The molecule has 0 radical (unpaired) electrons. The molecule has 1 aliphatic rings. The van der Waals surface area contributed by atoms with E-state index in [4.69, 9.17) is 5.73 Å². The van der Waals surface area contributed by atoms with Crippen LogP contribution in [0.25, 0.3) is 0 Å². The van der Waals surface area contributed by atoms with E-state index in [1.807, 2.05) is 67.6 Å². The molecule has 0 aliphatic carbocycles. The van der Waals surface area contributed by atoms with Crippen molar-refractivity contribution in [3.8, 4) is 0 Å². The molecule has 4 rings (SSSR count). The van der Waals surface area contributed by atoms with Gasteiger partial charge in [0.1, 0.15) is 12.6 Å². The quantitative estimate of drug-likeness (QED) is 0.563. The lowest BCUT2D eigenvalue weighted by Crippen LogP contribution is -2.51. The first-order chi connectivity index (χ1) is 15.9. The molecule has 4 amide bonds. The second kappa shape index (κ2) is 9.56. The van der Waals surface area contributed by atoms with Gasteiger partial charge >= 0.3 is 6.03 Å². The van der Waals surface area contributed by atoms with Gasteiger partial charge in [0, 0.05) is 17.3 Å². The van der Waals surface area contributed by atoms with Crippen LogP contribution < -0.4 is 21.3 Å². The number of carbonyl (C=O) groups excluding carboxylic acids is 3. The molecular formula is C26H26N4O3. The van der Waals surface area contributed by atoms with Gasteiger partial charge in [-0.05, 0) is 42.7 Å². The largest absolute Gasteiger partial charge is 0.368 e. The Kier molecular flexibility index (Phi) is 6.40. The number of primary amides is 1. The average molecular weight is 443 g/mol. The molecule has 0 fully saturated rings. The normalized spacial score (nSPS) is 17.6. The van der Waals surface area contributed by atoms with Crippen molar-refractivity contribution < 1.29 is 14.4 Å². The van der Waals surface area contributed by atoms with Crippen LogP contribution in [0.3, 0.4) is 0 Å². The van der Waals surface area contributed by atoms with Crippen molar-refractivity contribution in [1.29, 1.82) is 0 Å². The fourth-order valence-electron chi connectivity index (χ4n) is 4.20. The van der Waals surface area contributed by atoms with E-state index in [1.54, 1.807) is 18.2 Å². The fourth-order valence-corrected chi connectivity index (χ4v) is 4.20. The van der Waals surface area contributed by atoms with Gasteiger partial charge in [-0.25, -0.2) is 4.79 Å². The Hall–Kier alpha value is -4.13. The van der Waals surface area contributed by atoms with Crippen molar-refractivity contribution in [2.75, 3.05) is 16.8 Å². The minimum absolute atomic E-state index is 0.158. The summed E-state index contributed by atoms with van der Waals surface area (Å²) in [5.74, 6) is -1.16. The summed E-state index contributed by atoms with van der Waals surface area (Å²) >= 11 is 0. The van der Waals surface area contributed by atoms with Gasteiger partial charge in [-0.3, -0.25) is 9.59 Å². The third-order valence-corrected chi connectivity index (χ3v) is 5.77. The van der Waals surface area contributed by atoms with Crippen molar-refractivity contribution in [1.82, 2.24) is 5.32 Å². The smallest absolute Gasteiger partial charge is 0.319 e. The monoisotopic (exact) mass is 442 g/mol. The van der Waals surface area contributed by atoms with Crippen molar-refractivity contribution in [2.24, 2.45) is 5.73 Å². The van der Waals surface area contributed by atoms with Crippen LogP contribution in [0.1, 0.15) is 29.0 Å². The molecule has 4 N–H and O–H groups in total. The summed E-state index contributed by atoms with van der Waals surface area (Å²) in [4.78, 5) is 39.5. The number of fused-ring (bicyclic) bond motifs is 1. The van der Waals surface area contributed by atoms with Crippen LogP contribution in [0.2, 0.25) is 0 Å². The van der Waals surface area contributed by atoms with E-state index < -0.39 is 18.0 Å². The summed E-state index contributed by atoms with van der Waals surface area (Å²) < 4.78 is 0. The number of amides is 4. The summed E-state index contributed by atoms with van der Waals surface area (Å²) in [6.07, 6.45) is 0.344. The Labute approximate surface area is 192 Å². The standard InChI is InChI=1S/C26H26N4O3/c1-17-11-13-19(14-12-17)28-26(33)29-22-15-21(18-7-3-2-4-8-18)20-9-5-6-10-23(20)30(25(22)32)16-24(27)31/h2-14,21-22H,15-16H2,1H3,(H2,27,31)(H2,28,29,33). The van der Waals surface area contributed by atoms with Crippen LogP contribution in [0, 0.1) is 6.92 Å². The van der Waals surface area contributed by atoms with Gasteiger partial charge in [-0.2, -0.15) is 0 Å². The molecule has 7 heteroatoms. The van der Waals surface area contributed by atoms with Crippen molar-refractivity contribution in [3.05, 3.63) is 95.6 Å². The Balaban J connectivity index is 1.68. The van der Waals surface area contributed by atoms with Crippen molar-refractivity contribution in [3.63, 3.8) is 0 Å². The van der Waals surface area contributed by atoms with Crippen molar-refractivity contribution >= 4 is 29.2 Å². The minimum Gasteiger partial charge on any atom is -0.368 e. The second-order valence-corrected chi connectivity index (χ2v) is 8.17. The van der Waals surface area contributed by atoms with Gasteiger partial charge in [0.05, 0.1) is 0 Å². The number of hydrogen-bond donors (Lipinski definition) is 3. The topological polar surface area (TPSA) is 105 Å². The van der Waals surface area contributed by atoms with Crippen LogP contribution in [0.5, 0.6) is 0 Å². The van der Waals surface area contributed by atoms with Crippen molar-refractivity contribution in [2.45, 2.75) is 25.3 Å². The predicted octanol–water partition coefficient (Wildman–Crippen LogP) is 3.54. The predicted molar refractivity (Wildman–Crippen MR) is 128 cm³/mol. The highest BCUT2D eigenvalue weighted by Crippen LogP contribution is 2.39. The van der Waals surface area contributed by atoms with Gasteiger partial charge in [0.25, 0.3) is 0 Å². The number of nitrogens with one attached hydrogen (secondary N) is 2. The van der Waals surface area contributed by atoms with E-state index >= 15 is 0 Å². The van der Waals surface area contributed by atoms with E-state index in [0.717, 1.165) is 16.7 Å². The lowest BCUT2D eigenvalue weighted by Gasteiger charge is -2.25. The molecule has 3 aromatic rings. The van der Waals surface area contributed by atoms with Gasteiger partial charge < -0.3 is 21.3 Å². The molecule has 1 aliphatic heterocycles. The van der Waals surface area contributed by atoms with Gasteiger partial charge in [-0.15, -0.1) is 0 Å². The minimum atomic E-state index is -0.854. The summed E-state index contributed by atoms with van der Waals surface area (Å²) in [6, 6.07) is 23.3. The van der Waals surface area contributed by atoms with E-state index in [1.165, 1.54) is 4.90 Å². The van der Waals surface area contributed by atoms with Crippen LogP contribution in [0.4, 0.5) is 16.2 Å². The van der Waals surface area contributed by atoms with E-state index in [9.17, 15) is 14.4 Å². The number of para-hydroxylation sites is 1. The first kappa shape index (κ1) is 22.1. The average Bonchev–Trinajstić information content (AvgIpc) is 2.92. The van der Waals surface area contributed by atoms with E-state index in [2.05, 4.69) is 10.6 Å². The summed E-state index contributed by atoms with van der Waals surface area (Å²) in [5.41, 5.74) is 9.71. The zero-order chi connectivity index (χ0) is 23.4. The maximum absolute atomic E-state index is 13.5. The van der Waals surface area contributed by atoms with Gasteiger partial charge in [0.2, 0.25) is 11.8 Å². The maximum atomic E-state index is 13.5. The molecule has 33 heavy (non-hydrogen) atoms. The zero-order valence-corrected chi connectivity index (χ0v) is 18.3. The number of benzene rings is 3. The summed E-state index contributed by atoms with van der Waals surface area (Å²) in [7, 11) is 0. The highest BCUT2D eigenvalue weighted by molar-refractivity contribution is 6.05. The molecule has 0 bridgehead atoms. The van der Waals surface area contributed by atoms with Gasteiger partial charge in [-0.1, -0.05) is 66.2 Å². The number of nitrogens with two attached hydrogens (primary N) is 1. The third kappa shape index (κ3) is 5.03. The Morgan fingerprint density at radius 1 is 0.970 bits per heavy atom. The number of hydrogen-bond acceptors (Lipinski definition) is 3. The lowest BCUT2D eigenvalue weighted by atomic mass is 9.86. The molecule has 0 aromatic heterocycles. The van der Waals surface area contributed by atoms with Crippen LogP contribution >= 0.6 is 0 Å². The summed E-state index contributed by atoms with van der Waals surface area (Å²) in [6.45, 7) is 1.69. The fraction of sp³-hybridized carbons (Fsp3) is 0.192. The lowest BCUT2D eigenvalue weighted by molar-refractivity contribution is -0.123. The molecule has 0 spiro atoms. The third-order valence-electron chi connectivity index (χ3n) is 5.77. The van der Waals surface area contributed by atoms with Crippen LogP contribution in [-0.4, -0.2) is 30.4 Å². The molecule has 2 atom stereocenters. The summed E-state index contributed by atoms with van der Waals surface area (Å²) in [5, 5.41) is 5.59. The van der Waals surface area contributed by atoms with Crippen LogP contribution in [-0.2, 0) is 9.59 Å². The Morgan fingerprint density at radius 3 is 2.33 bits per heavy atom. The van der Waals surface area contributed by atoms with Gasteiger partial charge in [0.15, 0.2) is 0 Å². The molecule has 0 saturated carbocycles. The first-order valence-electron chi connectivity index (χ1n) is 10.8. The Bertz CT molecular complexity index is 1160.